The third-order valence-corrected chi connectivity index (χ3v) is 8.65. The lowest BCUT2D eigenvalue weighted by atomic mass is 9.69. The van der Waals surface area contributed by atoms with Crippen molar-refractivity contribution >= 4 is 23.3 Å². The second-order valence-electron chi connectivity index (χ2n) is 11.6. The molecule has 3 aromatic carbocycles. The van der Waals surface area contributed by atoms with E-state index in [2.05, 4.69) is 37.3 Å². The zero-order chi connectivity index (χ0) is 27.3. The number of carboxylic acids is 1. The van der Waals surface area contributed by atoms with Crippen molar-refractivity contribution in [3.63, 3.8) is 0 Å². The molecular weight excluding hydrogens is 490 g/mol. The van der Waals surface area contributed by atoms with Crippen LogP contribution in [0, 0.1) is 12.3 Å². The molecule has 0 spiro atoms. The summed E-state index contributed by atoms with van der Waals surface area (Å²) in [7, 11) is 0. The molecule has 0 radical (unpaired) electrons. The van der Waals surface area contributed by atoms with Crippen molar-refractivity contribution < 1.29 is 24.4 Å². The molecule has 11 rings (SSSR count). The minimum absolute atomic E-state index is 0.0125. The van der Waals surface area contributed by atoms with Crippen molar-refractivity contribution in [2.45, 2.75) is 52.7 Å². The SMILES string of the molecule is Cc1c2ccc3c1[N-][NH+]3CCCOCc1ccc(cc1)C(=O)N1CCc3ccc(cc3C1)C2C(C)(C)C(=O)O. The van der Waals surface area contributed by atoms with Gasteiger partial charge in [-0.1, -0.05) is 42.0 Å². The van der Waals surface area contributed by atoms with E-state index < -0.39 is 11.4 Å². The lowest BCUT2D eigenvalue weighted by Gasteiger charge is -2.46. The van der Waals surface area contributed by atoms with Crippen LogP contribution in [0.4, 0.5) is 11.4 Å². The first kappa shape index (κ1) is 25.6. The lowest BCUT2D eigenvalue weighted by Crippen LogP contribution is -3.06. The van der Waals surface area contributed by atoms with Crippen LogP contribution in [0.25, 0.3) is 5.43 Å². The molecule has 39 heavy (non-hydrogen) atoms. The van der Waals surface area contributed by atoms with Crippen molar-refractivity contribution in [1.29, 1.82) is 0 Å². The quantitative estimate of drug-likeness (QED) is 0.503. The lowest BCUT2D eigenvalue weighted by molar-refractivity contribution is -0.803. The fraction of sp³-hybridized carbons (Fsp3) is 0.375. The molecule has 0 aliphatic carbocycles. The van der Waals surface area contributed by atoms with Gasteiger partial charge in [0.15, 0.2) is 0 Å². The summed E-state index contributed by atoms with van der Waals surface area (Å²) in [5.74, 6) is -1.20. The summed E-state index contributed by atoms with van der Waals surface area (Å²) in [4.78, 5) is 27.9. The molecule has 0 saturated carbocycles. The van der Waals surface area contributed by atoms with E-state index in [9.17, 15) is 14.7 Å². The maximum atomic E-state index is 13.4. The smallest absolute Gasteiger partial charge is 0.310 e. The molecule has 1 amide bonds. The van der Waals surface area contributed by atoms with Crippen molar-refractivity contribution in [2.24, 2.45) is 5.41 Å². The monoisotopic (exact) mass is 525 g/mol. The summed E-state index contributed by atoms with van der Waals surface area (Å²) in [6.07, 6.45) is 1.64. The van der Waals surface area contributed by atoms with E-state index in [-0.39, 0.29) is 11.8 Å². The van der Waals surface area contributed by atoms with Crippen molar-refractivity contribution in [2.75, 3.05) is 19.7 Å². The summed E-state index contributed by atoms with van der Waals surface area (Å²) in [6, 6.07) is 18.2. The second kappa shape index (κ2) is 9.81. The number of benzene rings is 3. The highest BCUT2D eigenvalue weighted by atomic mass is 16.5. The number of rotatable bonds is 2. The minimum Gasteiger partial charge on any atom is -0.481 e. The predicted octanol–water partition coefficient (Wildman–Crippen LogP) is 4.81. The maximum Gasteiger partial charge on any atom is 0.310 e. The van der Waals surface area contributed by atoms with Crippen LogP contribution in [0.1, 0.15) is 69.9 Å². The molecule has 0 saturated heterocycles. The molecule has 7 nitrogen and oxygen atoms in total. The summed E-state index contributed by atoms with van der Waals surface area (Å²) in [6.45, 7) is 8.80. The largest absolute Gasteiger partial charge is 0.481 e. The van der Waals surface area contributed by atoms with Gasteiger partial charge in [-0.15, -0.1) is 0 Å². The van der Waals surface area contributed by atoms with Crippen molar-refractivity contribution in [3.8, 4) is 0 Å². The Morgan fingerprint density at radius 2 is 1.90 bits per heavy atom. The molecule has 2 atom stereocenters. The van der Waals surface area contributed by atoms with Gasteiger partial charge < -0.3 is 25.2 Å². The van der Waals surface area contributed by atoms with Gasteiger partial charge in [0.05, 0.1) is 25.2 Å². The van der Waals surface area contributed by atoms with E-state index in [1.807, 2.05) is 29.2 Å². The van der Waals surface area contributed by atoms with Crippen LogP contribution < -0.4 is 5.01 Å². The van der Waals surface area contributed by atoms with Crippen molar-refractivity contribution in [1.82, 2.24) is 4.90 Å². The number of amides is 1. The fourth-order valence-electron chi connectivity index (χ4n) is 6.23. The van der Waals surface area contributed by atoms with E-state index in [4.69, 9.17) is 10.2 Å². The van der Waals surface area contributed by atoms with Crippen molar-refractivity contribution in [3.05, 3.63) is 99.0 Å². The summed E-state index contributed by atoms with van der Waals surface area (Å²) in [5, 5.41) is 11.4. The molecule has 8 aliphatic heterocycles. The number of ether oxygens (including phenoxy) is 1. The van der Waals surface area contributed by atoms with Gasteiger partial charge in [0.25, 0.3) is 5.91 Å². The molecule has 0 fully saturated rings. The first-order valence-electron chi connectivity index (χ1n) is 13.8. The highest BCUT2D eigenvalue weighted by Gasteiger charge is 2.41. The average molecular weight is 526 g/mol. The van der Waals surface area contributed by atoms with Crippen LogP contribution in [0.2, 0.25) is 0 Å². The first-order chi connectivity index (χ1) is 18.7. The highest BCUT2D eigenvalue weighted by molar-refractivity contribution is 5.94. The summed E-state index contributed by atoms with van der Waals surface area (Å²) in [5.41, 5.74) is 12.9. The van der Waals surface area contributed by atoms with Crippen LogP contribution in [0.3, 0.4) is 0 Å². The molecule has 8 heterocycles. The highest BCUT2D eigenvalue weighted by Crippen LogP contribution is 2.47. The number of carbonyl (C=O) groups excluding carboxylic acids is 1. The summed E-state index contributed by atoms with van der Waals surface area (Å²) < 4.78 is 5.90. The topological polar surface area (TPSA) is 85.4 Å². The standard InChI is InChI=1S/C32H35N3O4/c1-20-26-11-12-27-29(20)33-35(27)14-4-16-39-19-21-5-7-23(8-6-21)30(36)34-15-13-22-9-10-24(17-25(22)18-34)28(26)32(2,3)31(37)38/h5-12,17,28,35H,4,13-16,18-19H2,1-3H3,(H,37,38). The Morgan fingerprint density at radius 1 is 1.10 bits per heavy atom. The number of nitrogens with one attached hydrogen (secondary N) is 1. The zero-order valence-electron chi connectivity index (χ0n) is 22.8. The Labute approximate surface area is 229 Å². The molecule has 202 valence electrons. The van der Waals surface area contributed by atoms with E-state index in [0.29, 0.717) is 31.9 Å². The number of nitrogens with zero attached hydrogens (tertiary/aromatic N) is 2. The van der Waals surface area contributed by atoms with E-state index in [1.165, 1.54) is 5.56 Å². The fourth-order valence-corrected chi connectivity index (χ4v) is 6.23. The Bertz CT molecular complexity index is 1450. The zero-order valence-corrected chi connectivity index (χ0v) is 22.8. The number of quaternary nitrogens is 1. The third kappa shape index (κ3) is 4.49. The molecule has 2 N–H and O–H groups in total. The second-order valence-corrected chi connectivity index (χ2v) is 11.6. The molecule has 8 aliphatic rings. The first-order valence-corrected chi connectivity index (χ1v) is 13.8. The van der Waals surface area contributed by atoms with Gasteiger partial charge in [0.2, 0.25) is 0 Å². The van der Waals surface area contributed by atoms with E-state index >= 15 is 0 Å². The number of carbonyl (C=O) groups is 2. The molecule has 7 heteroatoms. The van der Waals surface area contributed by atoms with Crippen LogP contribution in [-0.2, 0) is 29.1 Å². The Morgan fingerprint density at radius 3 is 2.67 bits per heavy atom. The Balaban J connectivity index is 1.44. The average Bonchev–Trinajstić information content (AvgIpc) is 2.91. The number of hydrogen-bond acceptors (Lipinski definition) is 3. The molecule has 9 bridgehead atoms. The third-order valence-electron chi connectivity index (χ3n) is 8.65. The predicted molar refractivity (Wildman–Crippen MR) is 149 cm³/mol. The Kier molecular flexibility index (Phi) is 6.44. The van der Waals surface area contributed by atoms with Gasteiger partial charge >= 0.3 is 5.97 Å². The van der Waals surface area contributed by atoms with Crippen LogP contribution in [-0.4, -0.2) is 41.6 Å². The molecule has 2 unspecified atom stereocenters. The Hall–Kier alpha value is -3.68. The number of carboxylic acid groups (broad SMARTS) is 1. The number of aliphatic carboxylic acids is 1. The van der Waals surface area contributed by atoms with Gasteiger partial charge in [0.1, 0.15) is 5.69 Å². The van der Waals surface area contributed by atoms with Gasteiger partial charge in [-0.2, -0.15) is 0 Å². The van der Waals surface area contributed by atoms with Crippen LogP contribution >= 0.6 is 0 Å². The number of hydrogen-bond donors (Lipinski definition) is 2. The van der Waals surface area contributed by atoms with Crippen LogP contribution in [0.5, 0.6) is 0 Å². The van der Waals surface area contributed by atoms with E-state index in [0.717, 1.165) is 63.6 Å². The van der Waals surface area contributed by atoms with E-state index in [1.54, 1.807) is 13.8 Å². The van der Waals surface area contributed by atoms with Gasteiger partial charge in [-0.05, 0) is 78.9 Å². The summed E-state index contributed by atoms with van der Waals surface area (Å²) >= 11 is 0. The normalized spacial score (nSPS) is 20.8. The molecule has 0 aromatic heterocycles. The van der Waals surface area contributed by atoms with Gasteiger partial charge in [-0.25, -0.2) is 0 Å². The van der Waals surface area contributed by atoms with Gasteiger partial charge in [-0.3, -0.25) is 9.59 Å². The maximum absolute atomic E-state index is 13.4. The molecule has 3 aromatic rings. The van der Waals surface area contributed by atoms with Crippen LogP contribution in [0.15, 0.2) is 54.6 Å². The van der Waals surface area contributed by atoms with Gasteiger partial charge in [0, 0.05) is 31.0 Å². The molecular formula is C32H35N3O4. The minimum atomic E-state index is -1.05.